The molecule has 100 valence electrons. The molecule has 0 amide bonds. The number of ether oxygens (including phenoxy) is 1. The van der Waals surface area contributed by atoms with Crippen molar-refractivity contribution in [3.05, 3.63) is 41.7 Å². The molecule has 1 aromatic heterocycles. The van der Waals surface area contributed by atoms with Crippen LogP contribution in [0.2, 0.25) is 0 Å². The van der Waals surface area contributed by atoms with Gasteiger partial charge in [-0.25, -0.2) is 4.68 Å². The van der Waals surface area contributed by atoms with Gasteiger partial charge in [0.15, 0.2) is 0 Å². The van der Waals surface area contributed by atoms with E-state index in [0.29, 0.717) is 6.04 Å². The first-order valence-electron chi connectivity index (χ1n) is 6.72. The molecule has 1 N–H and O–H groups in total. The molecule has 1 aliphatic carbocycles. The maximum absolute atomic E-state index is 5.44. The van der Waals surface area contributed by atoms with Crippen molar-refractivity contribution in [2.45, 2.75) is 25.3 Å². The molecule has 1 atom stereocenters. The summed E-state index contributed by atoms with van der Waals surface area (Å²) in [5.41, 5.74) is 3.64. The molecule has 2 aromatic rings. The van der Waals surface area contributed by atoms with Crippen LogP contribution in [0.1, 0.15) is 30.1 Å². The summed E-state index contributed by atoms with van der Waals surface area (Å²) in [5, 5.41) is 7.94. The largest absolute Gasteiger partial charge is 0.494 e. The molecule has 19 heavy (non-hydrogen) atoms. The SMILES string of the molecule is CNC1CCCc2c1cnn2-c1ccccc1OC. The van der Waals surface area contributed by atoms with Gasteiger partial charge in [-0.05, 0) is 38.4 Å². The van der Waals surface area contributed by atoms with E-state index in [-0.39, 0.29) is 0 Å². The fraction of sp³-hybridized carbons (Fsp3) is 0.400. The van der Waals surface area contributed by atoms with E-state index in [4.69, 9.17) is 4.74 Å². The minimum absolute atomic E-state index is 0.423. The first-order chi connectivity index (χ1) is 9.35. The Morgan fingerprint density at radius 2 is 2.21 bits per heavy atom. The molecule has 0 bridgehead atoms. The van der Waals surface area contributed by atoms with E-state index in [0.717, 1.165) is 17.9 Å². The van der Waals surface area contributed by atoms with Crippen LogP contribution < -0.4 is 10.1 Å². The van der Waals surface area contributed by atoms with Crippen LogP contribution in [0, 0.1) is 0 Å². The van der Waals surface area contributed by atoms with E-state index in [2.05, 4.69) is 16.5 Å². The fourth-order valence-electron chi connectivity index (χ4n) is 2.87. The molecule has 1 aliphatic rings. The molecular formula is C15H19N3O. The van der Waals surface area contributed by atoms with Crippen LogP contribution in [0.25, 0.3) is 5.69 Å². The van der Waals surface area contributed by atoms with E-state index in [1.54, 1.807) is 7.11 Å². The summed E-state index contributed by atoms with van der Waals surface area (Å²) in [6.07, 6.45) is 5.44. The van der Waals surface area contributed by atoms with Gasteiger partial charge in [0.05, 0.1) is 13.3 Å². The van der Waals surface area contributed by atoms with E-state index >= 15 is 0 Å². The van der Waals surface area contributed by atoms with Gasteiger partial charge in [0.2, 0.25) is 0 Å². The lowest BCUT2D eigenvalue weighted by molar-refractivity contribution is 0.410. The van der Waals surface area contributed by atoms with Crippen molar-refractivity contribution < 1.29 is 4.74 Å². The number of benzene rings is 1. The second kappa shape index (κ2) is 5.05. The topological polar surface area (TPSA) is 39.1 Å². The summed E-state index contributed by atoms with van der Waals surface area (Å²) in [6.45, 7) is 0. The number of para-hydroxylation sites is 2. The Morgan fingerprint density at radius 3 is 3.00 bits per heavy atom. The number of hydrogen-bond donors (Lipinski definition) is 1. The van der Waals surface area contributed by atoms with Crippen molar-refractivity contribution in [1.29, 1.82) is 0 Å². The van der Waals surface area contributed by atoms with E-state index in [9.17, 15) is 0 Å². The maximum Gasteiger partial charge on any atom is 0.144 e. The van der Waals surface area contributed by atoms with Gasteiger partial charge in [-0.1, -0.05) is 12.1 Å². The zero-order valence-corrected chi connectivity index (χ0v) is 11.4. The van der Waals surface area contributed by atoms with Crippen molar-refractivity contribution >= 4 is 0 Å². The highest BCUT2D eigenvalue weighted by Gasteiger charge is 2.24. The van der Waals surface area contributed by atoms with Crippen LogP contribution >= 0.6 is 0 Å². The average Bonchev–Trinajstić information content (AvgIpc) is 2.90. The summed E-state index contributed by atoms with van der Waals surface area (Å²) in [6, 6.07) is 8.45. The van der Waals surface area contributed by atoms with Gasteiger partial charge >= 0.3 is 0 Å². The van der Waals surface area contributed by atoms with Crippen molar-refractivity contribution in [3.8, 4) is 11.4 Å². The highest BCUT2D eigenvalue weighted by atomic mass is 16.5. The van der Waals surface area contributed by atoms with Crippen molar-refractivity contribution in [1.82, 2.24) is 15.1 Å². The third-order valence-electron chi connectivity index (χ3n) is 3.84. The normalized spacial score (nSPS) is 18.1. The molecule has 1 heterocycles. The van der Waals surface area contributed by atoms with Gasteiger partial charge in [-0.3, -0.25) is 0 Å². The molecule has 4 nitrogen and oxygen atoms in total. The summed E-state index contributed by atoms with van der Waals surface area (Å²) in [7, 11) is 3.71. The van der Waals surface area contributed by atoms with E-state index in [1.807, 2.05) is 36.1 Å². The lowest BCUT2D eigenvalue weighted by Gasteiger charge is -2.22. The van der Waals surface area contributed by atoms with E-state index in [1.165, 1.54) is 24.1 Å². The van der Waals surface area contributed by atoms with Gasteiger partial charge in [0, 0.05) is 17.3 Å². The second-order valence-corrected chi connectivity index (χ2v) is 4.86. The minimum atomic E-state index is 0.423. The average molecular weight is 257 g/mol. The highest BCUT2D eigenvalue weighted by Crippen LogP contribution is 2.32. The van der Waals surface area contributed by atoms with Crippen LogP contribution in [0.3, 0.4) is 0 Å². The monoisotopic (exact) mass is 257 g/mol. The van der Waals surface area contributed by atoms with Crippen LogP contribution in [-0.4, -0.2) is 23.9 Å². The van der Waals surface area contributed by atoms with Crippen molar-refractivity contribution in [3.63, 3.8) is 0 Å². The predicted molar refractivity (Wildman–Crippen MR) is 74.9 cm³/mol. The minimum Gasteiger partial charge on any atom is -0.494 e. The molecule has 4 heteroatoms. The highest BCUT2D eigenvalue weighted by molar-refractivity contribution is 5.48. The Bertz CT molecular complexity index is 577. The van der Waals surface area contributed by atoms with Gasteiger partial charge in [-0.15, -0.1) is 0 Å². The second-order valence-electron chi connectivity index (χ2n) is 4.86. The molecule has 0 spiro atoms. The van der Waals surface area contributed by atoms with Crippen molar-refractivity contribution in [2.75, 3.05) is 14.2 Å². The summed E-state index contributed by atoms with van der Waals surface area (Å²) < 4.78 is 7.46. The Labute approximate surface area is 113 Å². The summed E-state index contributed by atoms with van der Waals surface area (Å²) in [4.78, 5) is 0. The molecule has 0 saturated heterocycles. The smallest absolute Gasteiger partial charge is 0.144 e. The number of fused-ring (bicyclic) bond motifs is 1. The maximum atomic E-state index is 5.44. The molecule has 0 fully saturated rings. The Hall–Kier alpha value is -1.81. The zero-order valence-electron chi connectivity index (χ0n) is 11.4. The standard InChI is InChI=1S/C15H19N3O/c1-16-12-6-5-8-13-11(12)10-17-18(13)14-7-3-4-9-15(14)19-2/h3-4,7,9-10,12,16H,5-6,8H2,1-2H3. The molecule has 1 unspecified atom stereocenters. The Kier molecular flexibility index (Phi) is 3.25. The number of aromatic nitrogens is 2. The lowest BCUT2D eigenvalue weighted by Crippen LogP contribution is -2.21. The number of rotatable bonds is 3. The van der Waals surface area contributed by atoms with Crippen LogP contribution in [0.15, 0.2) is 30.5 Å². The fourth-order valence-corrected chi connectivity index (χ4v) is 2.87. The molecule has 0 saturated carbocycles. The molecule has 0 aliphatic heterocycles. The van der Waals surface area contributed by atoms with Gasteiger partial charge < -0.3 is 10.1 Å². The third-order valence-corrected chi connectivity index (χ3v) is 3.84. The van der Waals surface area contributed by atoms with E-state index < -0.39 is 0 Å². The lowest BCUT2D eigenvalue weighted by atomic mass is 9.93. The van der Waals surface area contributed by atoms with Crippen molar-refractivity contribution in [2.24, 2.45) is 0 Å². The first kappa shape index (κ1) is 12.2. The van der Waals surface area contributed by atoms with Crippen LogP contribution in [0.5, 0.6) is 5.75 Å². The quantitative estimate of drug-likeness (QED) is 0.918. The summed E-state index contributed by atoms with van der Waals surface area (Å²) >= 11 is 0. The molecule has 1 aromatic carbocycles. The molecular weight excluding hydrogens is 238 g/mol. The Balaban J connectivity index is 2.09. The van der Waals surface area contributed by atoms with Crippen LogP contribution in [0.4, 0.5) is 0 Å². The van der Waals surface area contributed by atoms with Crippen LogP contribution in [-0.2, 0) is 6.42 Å². The number of nitrogens with one attached hydrogen (secondary N) is 1. The third kappa shape index (κ3) is 2.02. The first-order valence-corrected chi connectivity index (χ1v) is 6.72. The van der Waals surface area contributed by atoms with Gasteiger partial charge in [0.25, 0.3) is 0 Å². The zero-order chi connectivity index (χ0) is 13.2. The predicted octanol–water partition coefficient (Wildman–Crippen LogP) is 2.48. The molecule has 3 rings (SSSR count). The Morgan fingerprint density at radius 1 is 1.37 bits per heavy atom. The molecule has 0 radical (unpaired) electrons. The number of methoxy groups -OCH3 is 1. The van der Waals surface area contributed by atoms with Gasteiger partial charge in [-0.2, -0.15) is 5.10 Å². The summed E-state index contributed by atoms with van der Waals surface area (Å²) in [5.74, 6) is 0.861. The van der Waals surface area contributed by atoms with Gasteiger partial charge in [0.1, 0.15) is 11.4 Å². The number of nitrogens with zero attached hydrogens (tertiary/aromatic N) is 2. The number of hydrogen-bond acceptors (Lipinski definition) is 3.